The minimum Gasteiger partial charge on any atom is -0.325 e. The van der Waals surface area contributed by atoms with E-state index in [1.54, 1.807) is 22.5 Å². The van der Waals surface area contributed by atoms with Crippen LogP contribution in [-0.4, -0.2) is 42.5 Å². The molecule has 0 spiro atoms. The van der Waals surface area contributed by atoms with Crippen LogP contribution in [0.5, 0.6) is 0 Å². The summed E-state index contributed by atoms with van der Waals surface area (Å²) in [7, 11) is -3.46. The third kappa shape index (κ3) is 4.50. The van der Waals surface area contributed by atoms with Gasteiger partial charge >= 0.3 is 0 Å². The highest BCUT2D eigenvalue weighted by atomic mass is 32.2. The van der Waals surface area contributed by atoms with Crippen LogP contribution in [0, 0.1) is 6.92 Å². The lowest BCUT2D eigenvalue weighted by atomic mass is 10.1. The molecule has 0 aliphatic carbocycles. The highest BCUT2D eigenvalue weighted by molar-refractivity contribution is 7.99. The molecule has 8 heteroatoms. The molecule has 1 N–H and O–H groups in total. The van der Waals surface area contributed by atoms with Crippen LogP contribution in [0.3, 0.4) is 0 Å². The Morgan fingerprint density at radius 3 is 2.57 bits per heavy atom. The van der Waals surface area contributed by atoms with E-state index in [2.05, 4.69) is 10.3 Å². The summed E-state index contributed by atoms with van der Waals surface area (Å²) in [4.78, 5) is 17.1. The first-order valence-electron chi connectivity index (χ1n) is 9.83. The SMILES string of the molecule is Cc1cc(SCC(=O)Nc2ccccc2)nc2ccc(S(=O)(=O)N3CCCC3)cc12. The first kappa shape index (κ1) is 20.8. The Balaban J connectivity index is 1.50. The molecule has 3 aromatic rings. The minimum atomic E-state index is -3.46. The van der Waals surface area contributed by atoms with Gasteiger partial charge in [0, 0.05) is 24.2 Å². The molecule has 0 radical (unpaired) electrons. The summed E-state index contributed by atoms with van der Waals surface area (Å²) in [5.41, 5.74) is 2.42. The van der Waals surface area contributed by atoms with E-state index in [0.29, 0.717) is 18.0 Å². The number of anilines is 1. The molecule has 156 valence electrons. The number of thioether (sulfide) groups is 1. The number of carbonyl (C=O) groups excluding carboxylic acids is 1. The first-order valence-corrected chi connectivity index (χ1v) is 12.3. The van der Waals surface area contributed by atoms with Gasteiger partial charge in [-0.15, -0.1) is 0 Å². The lowest BCUT2D eigenvalue weighted by molar-refractivity contribution is -0.113. The predicted octanol–water partition coefficient (Wildman–Crippen LogP) is 4.06. The number of hydrogen-bond acceptors (Lipinski definition) is 5. The van der Waals surface area contributed by atoms with E-state index in [9.17, 15) is 13.2 Å². The Bertz CT molecular complexity index is 1170. The van der Waals surface area contributed by atoms with E-state index >= 15 is 0 Å². The van der Waals surface area contributed by atoms with Crippen LogP contribution in [0.1, 0.15) is 18.4 Å². The second-order valence-corrected chi connectivity index (χ2v) is 10.2. The number of rotatable bonds is 6. The van der Waals surface area contributed by atoms with Gasteiger partial charge in [-0.05, 0) is 61.7 Å². The van der Waals surface area contributed by atoms with Crippen LogP contribution in [0.15, 0.2) is 64.5 Å². The van der Waals surface area contributed by atoms with Crippen LogP contribution < -0.4 is 5.32 Å². The molecule has 1 aromatic heterocycles. The predicted molar refractivity (Wildman–Crippen MR) is 120 cm³/mol. The van der Waals surface area contributed by atoms with E-state index in [0.717, 1.165) is 40.0 Å². The fourth-order valence-electron chi connectivity index (χ4n) is 3.51. The number of sulfonamides is 1. The molecule has 4 rings (SSSR count). The topological polar surface area (TPSA) is 79.4 Å². The van der Waals surface area contributed by atoms with E-state index in [4.69, 9.17) is 0 Å². The van der Waals surface area contributed by atoms with Crippen molar-refractivity contribution in [2.75, 3.05) is 24.2 Å². The lowest BCUT2D eigenvalue weighted by Gasteiger charge is -2.16. The molecule has 0 bridgehead atoms. The Morgan fingerprint density at radius 1 is 1.10 bits per heavy atom. The first-order chi connectivity index (χ1) is 14.4. The number of nitrogens with one attached hydrogen (secondary N) is 1. The zero-order valence-electron chi connectivity index (χ0n) is 16.7. The van der Waals surface area contributed by atoms with Gasteiger partial charge in [0.1, 0.15) is 0 Å². The standard InChI is InChI=1S/C22H23N3O3S2/c1-16-13-22(29-15-21(26)23-17-7-3-2-4-8-17)24-20-10-9-18(14-19(16)20)30(27,28)25-11-5-6-12-25/h2-4,7-10,13-14H,5-6,11-12,15H2,1H3,(H,23,26). The summed E-state index contributed by atoms with van der Waals surface area (Å²) in [6.45, 7) is 3.10. The number of amides is 1. The van der Waals surface area contributed by atoms with Crippen molar-refractivity contribution in [3.05, 3.63) is 60.2 Å². The van der Waals surface area contributed by atoms with Crippen molar-refractivity contribution >= 4 is 44.3 Å². The number of nitrogens with zero attached hydrogens (tertiary/aromatic N) is 2. The summed E-state index contributed by atoms with van der Waals surface area (Å²) in [6.07, 6.45) is 1.82. The van der Waals surface area contributed by atoms with Gasteiger partial charge in [0.25, 0.3) is 0 Å². The zero-order chi connectivity index (χ0) is 21.1. The number of hydrogen-bond donors (Lipinski definition) is 1. The monoisotopic (exact) mass is 441 g/mol. The normalized spacial score (nSPS) is 14.8. The maximum absolute atomic E-state index is 12.8. The third-order valence-corrected chi connectivity index (χ3v) is 7.88. The molecular formula is C22H23N3O3S2. The fraction of sp³-hybridized carbons (Fsp3) is 0.273. The summed E-state index contributed by atoms with van der Waals surface area (Å²) >= 11 is 1.36. The molecule has 2 aromatic carbocycles. The van der Waals surface area contributed by atoms with Crippen molar-refractivity contribution in [3.63, 3.8) is 0 Å². The van der Waals surface area contributed by atoms with Gasteiger partial charge in [-0.1, -0.05) is 30.0 Å². The molecule has 6 nitrogen and oxygen atoms in total. The Kier molecular flexibility index (Phi) is 6.08. The summed E-state index contributed by atoms with van der Waals surface area (Å²) in [5.74, 6) is 0.145. The average Bonchev–Trinajstić information content (AvgIpc) is 3.29. The van der Waals surface area contributed by atoms with E-state index in [-0.39, 0.29) is 11.7 Å². The highest BCUT2D eigenvalue weighted by Crippen LogP contribution is 2.28. The Labute approximate surface area is 180 Å². The number of aryl methyl sites for hydroxylation is 1. The van der Waals surface area contributed by atoms with E-state index in [1.165, 1.54) is 11.8 Å². The lowest BCUT2D eigenvalue weighted by Crippen LogP contribution is -2.27. The summed E-state index contributed by atoms with van der Waals surface area (Å²) < 4.78 is 27.2. The van der Waals surface area contributed by atoms with Gasteiger partial charge in [0.05, 0.1) is 21.2 Å². The largest absolute Gasteiger partial charge is 0.325 e. The number of aromatic nitrogens is 1. The summed E-state index contributed by atoms with van der Waals surface area (Å²) in [6, 6.07) is 16.3. The second kappa shape index (κ2) is 8.75. The molecule has 0 saturated carbocycles. The molecule has 2 heterocycles. The van der Waals surface area contributed by atoms with Crippen LogP contribution in [0.25, 0.3) is 10.9 Å². The van der Waals surface area contributed by atoms with Gasteiger partial charge in [0.2, 0.25) is 15.9 Å². The maximum Gasteiger partial charge on any atom is 0.243 e. The highest BCUT2D eigenvalue weighted by Gasteiger charge is 2.27. The molecule has 0 atom stereocenters. The van der Waals surface area contributed by atoms with Crippen molar-refractivity contribution in [2.45, 2.75) is 29.7 Å². The Morgan fingerprint density at radius 2 is 1.83 bits per heavy atom. The molecule has 1 fully saturated rings. The zero-order valence-corrected chi connectivity index (χ0v) is 18.3. The van der Waals surface area contributed by atoms with E-state index < -0.39 is 10.0 Å². The molecule has 0 unspecified atom stereocenters. The van der Waals surface area contributed by atoms with Crippen LogP contribution >= 0.6 is 11.8 Å². The van der Waals surface area contributed by atoms with Gasteiger partial charge < -0.3 is 5.32 Å². The molecule has 1 saturated heterocycles. The van der Waals surface area contributed by atoms with E-state index in [1.807, 2.05) is 43.3 Å². The van der Waals surface area contributed by atoms with Gasteiger partial charge in [-0.25, -0.2) is 13.4 Å². The van der Waals surface area contributed by atoms with Crippen LogP contribution in [-0.2, 0) is 14.8 Å². The minimum absolute atomic E-state index is 0.0993. The van der Waals surface area contributed by atoms with Gasteiger partial charge in [-0.3, -0.25) is 4.79 Å². The van der Waals surface area contributed by atoms with Crippen molar-refractivity contribution < 1.29 is 13.2 Å². The van der Waals surface area contributed by atoms with Crippen molar-refractivity contribution in [1.82, 2.24) is 9.29 Å². The molecular weight excluding hydrogens is 418 g/mol. The number of para-hydroxylation sites is 1. The van der Waals surface area contributed by atoms with Crippen molar-refractivity contribution in [3.8, 4) is 0 Å². The number of carbonyl (C=O) groups is 1. The number of pyridine rings is 1. The molecule has 1 aliphatic rings. The number of fused-ring (bicyclic) bond motifs is 1. The maximum atomic E-state index is 12.8. The van der Waals surface area contributed by atoms with Gasteiger partial charge in [-0.2, -0.15) is 4.31 Å². The van der Waals surface area contributed by atoms with Crippen molar-refractivity contribution in [1.29, 1.82) is 0 Å². The van der Waals surface area contributed by atoms with Gasteiger partial charge in [0.15, 0.2) is 0 Å². The molecule has 30 heavy (non-hydrogen) atoms. The Hall–Kier alpha value is -2.42. The van der Waals surface area contributed by atoms with Crippen LogP contribution in [0.4, 0.5) is 5.69 Å². The summed E-state index contributed by atoms with van der Waals surface area (Å²) in [5, 5.41) is 4.40. The van der Waals surface area contributed by atoms with Crippen molar-refractivity contribution in [2.24, 2.45) is 0 Å². The van der Waals surface area contributed by atoms with Crippen LogP contribution in [0.2, 0.25) is 0 Å². The second-order valence-electron chi connectivity index (χ2n) is 7.27. The smallest absolute Gasteiger partial charge is 0.243 e. The third-order valence-electron chi connectivity index (χ3n) is 5.07. The molecule has 1 amide bonds. The fourth-order valence-corrected chi connectivity index (χ4v) is 5.83. The number of benzene rings is 2. The average molecular weight is 442 g/mol. The molecule has 1 aliphatic heterocycles. The quantitative estimate of drug-likeness (QED) is 0.584.